The van der Waals surface area contributed by atoms with Gasteiger partial charge in [0, 0.05) is 18.9 Å². The third-order valence-corrected chi connectivity index (χ3v) is 5.43. The van der Waals surface area contributed by atoms with Crippen molar-refractivity contribution in [2.45, 2.75) is 31.9 Å². The standard InChI is InChI=1S/C19H22N2O2S/c1-3-11-23-17-6-10-21(19(22)18-14(2)7-12-24-18)16(17)13-15-4-8-20-9-5-15/h3-5,7-9,12,16-17H,1,6,10-11,13H2,2H3/t16-,17-/m1/s1. The average Bonchev–Trinajstić information content (AvgIpc) is 3.20. The highest BCUT2D eigenvalue weighted by Gasteiger charge is 2.38. The first-order chi connectivity index (χ1) is 11.7. The predicted molar refractivity (Wildman–Crippen MR) is 96.4 cm³/mol. The second-order valence-electron chi connectivity index (χ2n) is 6.01. The number of thiophene rings is 1. The topological polar surface area (TPSA) is 42.4 Å². The van der Waals surface area contributed by atoms with Gasteiger partial charge in [0.15, 0.2) is 0 Å². The van der Waals surface area contributed by atoms with E-state index in [1.807, 2.05) is 35.4 Å². The van der Waals surface area contributed by atoms with Crippen molar-refractivity contribution in [3.05, 3.63) is 64.6 Å². The van der Waals surface area contributed by atoms with Crippen LogP contribution in [0.4, 0.5) is 0 Å². The molecule has 0 radical (unpaired) electrons. The lowest BCUT2D eigenvalue weighted by Gasteiger charge is -2.28. The van der Waals surface area contributed by atoms with Crippen LogP contribution in [0.15, 0.2) is 48.6 Å². The van der Waals surface area contributed by atoms with Crippen LogP contribution >= 0.6 is 11.3 Å². The molecule has 2 atom stereocenters. The Morgan fingerprint density at radius 1 is 1.46 bits per heavy atom. The Kier molecular flexibility index (Phi) is 5.43. The first kappa shape index (κ1) is 16.9. The molecule has 24 heavy (non-hydrogen) atoms. The van der Waals surface area contributed by atoms with E-state index in [0.717, 1.165) is 29.8 Å². The summed E-state index contributed by atoms with van der Waals surface area (Å²) in [6.45, 7) is 6.96. The first-order valence-corrected chi connectivity index (χ1v) is 9.05. The summed E-state index contributed by atoms with van der Waals surface area (Å²) in [5.74, 6) is 0.117. The van der Waals surface area contributed by atoms with Crippen LogP contribution in [0.1, 0.15) is 27.2 Å². The Hall–Kier alpha value is -1.98. The second-order valence-corrected chi connectivity index (χ2v) is 6.92. The van der Waals surface area contributed by atoms with Crippen molar-refractivity contribution in [2.24, 2.45) is 0 Å². The molecule has 0 aromatic carbocycles. The van der Waals surface area contributed by atoms with Gasteiger partial charge < -0.3 is 9.64 Å². The molecule has 126 valence electrons. The zero-order valence-electron chi connectivity index (χ0n) is 13.9. The number of carbonyl (C=O) groups is 1. The molecule has 1 saturated heterocycles. The van der Waals surface area contributed by atoms with Crippen LogP contribution in [0, 0.1) is 6.92 Å². The van der Waals surface area contributed by atoms with Gasteiger partial charge in [-0.25, -0.2) is 0 Å². The SMILES string of the molecule is C=CCO[C@@H]1CCN(C(=O)c2sccc2C)[C@@H]1Cc1ccncc1. The highest BCUT2D eigenvalue weighted by molar-refractivity contribution is 7.12. The number of nitrogens with zero attached hydrogens (tertiary/aromatic N) is 2. The number of hydrogen-bond donors (Lipinski definition) is 0. The van der Waals surface area contributed by atoms with Gasteiger partial charge in [-0.2, -0.15) is 0 Å². The number of aromatic nitrogens is 1. The van der Waals surface area contributed by atoms with Gasteiger partial charge >= 0.3 is 0 Å². The van der Waals surface area contributed by atoms with Crippen LogP contribution in [0.3, 0.4) is 0 Å². The quantitative estimate of drug-likeness (QED) is 0.755. The third-order valence-electron chi connectivity index (χ3n) is 4.42. The van der Waals surface area contributed by atoms with E-state index in [2.05, 4.69) is 11.6 Å². The van der Waals surface area contributed by atoms with Crippen molar-refractivity contribution in [1.82, 2.24) is 9.88 Å². The molecule has 0 unspecified atom stereocenters. The van der Waals surface area contributed by atoms with E-state index in [-0.39, 0.29) is 18.1 Å². The number of aryl methyl sites for hydroxylation is 1. The molecule has 0 bridgehead atoms. The fourth-order valence-electron chi connectivity index (χ4n) is 3.19. The van der Waals surface area contributed by atoms with E-state index < -0.39 is 0 Å². The van der Waals surface area contributed by atoms with Gasteiger partial charge in [-0.05, 0) is 54.5 Å². The Morgan fingerprint density at radius 3 is 2.92 bits per heavy atom. The van der Waals surface area contributed by atoms with E-state index in [1.165, 1.54) is 16.9 Å². The van der Waals surface area contributed by atoms with Gasteiger partial charge in [0.25, 0.3) is 5.91 Å². The van der Waals surface area contributed by atoms with Crippen molar-refractivity contribution in [3.63, 3.8) is 0 Å². The van der Waals surface area contributed by atoms with Gasteiger partial charge in [-0.3, -0.25) is 9.78 Å². The normalized spacial score (nSPS) is 20.3. The molecular formula is C19H22N2O2S. The number of carbonyl (C=O) groups excluding carboxylic acids is 1. The number of hydrogen-bond acceptors (Lipinski definition) is 4. The summed E-state index contributed by atoms with van der Waals surface area (Å²) < 4.78 is 5.94. The van der Waals surface area contributed by atoms with Crippen molar-refractivity contribution in [3.8, 4) is 0 Å². The number of likely N-dealkylation sites (tertiary alicyclic amines) is 1. The van der Waals surface area contributed by atoms with Crippen molar-refractivity contribution < 1.29 is 9.53 Å². The molecule has 1 amide bonds. The summed E-state index contributed by atoms with van der Waals surface area (Å²) >= 11 is 1.51. The van der Waals surface area contributed by atoms with Crippen molar-refractivity contribution in [2.75, 3.05) is 13.2 Å². The molecule has 0 spiro atoms. The minimum atomic E-state index is 0.0420. The lowest BCUT2D eigenvalue weighted by Crippen LogP contribution is -2.42. The molecule has 2 aromatic heterocycles. The van der Waals surface area contributed by atoms with E-state index in [4.69, 9.17) is 4.74 Å². The summed E-state index contributed by atoms with van der Waals surface area (Å²) in [7, 11) is 0. The van der Waals surface area contributed by atoms with Crippen molar-refractivity contribution in [1.29, 1.82) is 0 Å². The maximum atomic E-state index is 13.0. The molecule has 1 fully saturated rings. The van der Waals surface area contributed by atoms with Crippen LogP contribution in [0.25, 0.3) is 0 Å². The molecular weight excluding hydrogens is 320 g/mol. The van der Waals surface area contributed by atoms with Crippen LogP contribution in [0.5, 0.6) is 0 Å². The van der Waals surface area contributed by atoms with Gasteiger partial charge in [-0.1, -0.05) is 6.08 Å². The number of pyridine rings is 1. The fourth-order valence-corrected chi connectivity index (χ4v) is 4.07. The van der Waals surface area contributed by atoms with E-state index in [1.54, 1.807) is 18.5 Å². The smallest absolute Gasteiger partial charge is 0.264 e. The predicted octanol–water partition coefficient (Wildman–Crippen LogP) is 3.48. The monoisotopic (exact) mass is 342 g/mol. The molecule has 1 aliphatic heterocycles. The minimum absolute atomic E-state index is 0.0420. The molecule has 3 rings (SSSR count). The minimum Gasteiger partial charge on any atom is -0.372 e. The Labute approximate surface area is 146 Å². The van der Waals surface area contributed by atoms with Gasteiger partial charge in [0.1, 0.15) is 0 Å². The lowest BCUT2D eigenvalue weighted by atomic mass is 10.0. The zero-order chi connectivity index (χ0) is 16.9. The maximum absolute atomic E-state index is 13.0. The molecule has 3 heterocycles. The third kappa shape index (κ3) is 3.57. The molecule has 2 aromatic rings. The Morgan fingerprint density at radius 2 is 2.25 bits per heavy atom. The zero-order valence-corrected chi connectivity index (χ0v) is 14.7. The van der Waals surface area contributed by atoms with Crippen LogP contribution < -0.4 is 0 Å². The van der Waals surface area contributed by atoms with E-state index in [0.29, 0.717) is 6.61 Å². The molecule has 1 aliphatic rings. The van der Waals surface area contributed by atoms with Crippen LogP contribution in [-0.4, -0.2) is 41.1 Å². The van der Waals surface area contributed by atoms with Crippen LogP contribution in [-0.2, 0) is 11.2 Å². The van der Waals surface area contributed by atoms with Crippen molar-refractivity contribution >= 4 is 17.2 Å². The number of rotatable bonds is 6. The molecule has 0 N–H and O–H groups in total. The molecule has 5 heteroatoms. The average molecular weight is 342 g/mol. The molecule has 0 aliphatic carbocycles. The molecule has 4 nitrogen and oxygen atoms in total. The van der Waals surface area contributed by atoms with Gasteiger partial charge in [-0.15, -0.1) is 17.9 Å². The molecule has 0 saturated carbocycles. The summed E-state index contributed by atoms with van der Waals surface area (Å²) in [5.41, 5.74) is 2.22. The Bertz CT molecular complexity index is 698. The highest BCUT2D eigenvalue weighted by atomic mass is 32.1. The second kappa shape index (κ2) is 7.73. The van der Waals surface area contributed by atoms with Gasteiger partial charge in [0.2, 0.25) is 0 Å². The Balaban J connectivity index is 1.82. The summed E-state index contributed by atoms with van der Waals surface area (Å²) in [6, 6.07) is 6.04. The fraction of sp³-hybridized carbons (Fsp3) is 0.368. The lowest BCUT2D eigenvalue weighted by molar-refractivity contribution is 0.0381. The maximum Gasteiger partial charge on any atom is 0.264 e. The van der Waals surface area contributed by atoms with E-state index >= 15 is 0 Å². The summed E-state index contributed by atoms with van der Waals surface area (Å²) in [6.07, 6.45) is 7.02. The highest BCUT2D eigenvalue weighted by Crippen LogP contribution is 2.28. The first-order valence-electron chi connectivity index (χ1n) is 8.17. The number of amides is 1. The largest absolute Gasteiger partial charge is 0.372 e. The van der Waals surface area contributed by atoms with E-state index in [9.17, 15) is 4.79 Å². The van der Waals surface area contributed by atoms with Crippen LogP contribution in [0.2, 0.25) is 0 Å². The van der Waals surface area contributed by atoms with Gasteiger partial charge in [0.05, 0.1) is 23.6 Å². The number of ether oxygens (including phenoxy) is 1. The summed E-state index contributed by atoms with van der Waals surface area (Å²) in [5, 5.41) is 1.97. The summed E-state index contributed by atoms with van der Waals surface area (Å²) in [4.78, 5) is 19.9.